The summed E-state index contributed by atoms with van der Waals surface area (Å²) in [5, 5.41) is 7.20. The molecule has 90 valence electrons. The van der Waals surface area contributed by atoms with E-state index in [1.54, 1.807) is 0 Å². The Labute approximate surface area is 101 Å². The Hall–Kier alpha value is -1.68. The maximum atomic E-state index is 5.18. The lowest BCUT2D eigenvalue weighted by molar-refractivity contribution is 0.372. The molecule has 4 heteroatoms. The Morgan fingerprint density at radius 2 is 2.06 bits per heavy atom. The summed E-state index contributed by atoms with van der Waals surface area (Å²) in [6.45, 7) is 3.92. The smallest absolute Gasteiger partial charge is 0.227 e. The van der Waals surface area contributed by atoms with Crippen LogP contribution in [0.2, 0.25) is 0 Å². The average molecular weight is 231 g/mol. The minimum Gasteiger partial charge on any atom is -0.339 e. The number of benzene rings is 1. The summed E-state index contributed by atoms with van der Waals surface area (Å²) in [5.41, 5.74) is 1.20. The number of rotatable bonds is 6. The molecule has 2 rings (SSSR count). The third-order valence-corrected chi connectivity index (χ3v) is 2.48. The van der Waals surface area contributed by atoms with Gasteiger partial charge in [0.15, 0.2) is 5.82 Å². The Morgan fingerprint density at radius 1 is 1.24 bits per heavy atom. The summed E-state index contributed by atoms with van der Waals surface area (Å²) in [6.07, 6.45) is 1.52. The molecule has 17 heavy (non-hydrogen) atoms. The lowest BCUT2D eigenvalue weighted by atomic mass is 10.1. The third-order valence-electron chi connectivity index (χ3n) is 2.48. The predicted molar refractivity (Wildman–Crippen MR) is 65.8 cm³/mol. The number of nitrogens with zero attached hydrogens (tertiary/aromatic N) is 2. The first-order valence-corrected chi connectivity index (χ1v) is 5.94. The number of aromatic nitrogens is 2. The van der Waals surface area contributed by atoms with Crippen LogP contribution in [0, 0.1) is 0 Å². The number of likely N-dealkylation sites (N-methyl/N-ethyl adjacent to an activating group) is 1. The molecule has 1 heterocycles. The van der Waals surface area contributed by atoms with Gasteiger partial charge in [0.05, 0.1) is 0 Å². The van der Waals surface area contributed by atoms with Crippen molar-refractivity contribution in [1.82, 2.24) is 15.5 Å². The molecule has 0 atom stereocenters. The van der Waals surface area contributed by atoms with Crippen LogP contribution in [0.15, 0.2) is 34.9 Å². The molecule has 0 bridgehead atoms. The molecular weight excluding hydrogens is 214 g/mol. The third kappa shape index (κ3) is 3.67. The summed E-state index contributed by atoms with van der Waals surface area (Å²) in [5.74, 6) is 1.46. The molecule has 1 N–H and O–H groups in total. The van der Waals surface area contributed by atoms with Gasteiger partial charge in [-0.2, -0.15) is 4.98 Å². The Morgan fingerprint density at radius 3 is 2.82 bits per heavy atom. The zero-order valence-corrected chi connectivity index (χ0v) is 10.0. The van der Waals surface area contributed by atoms with Crippen LogP contribution in [0.3, 0.4) is 0 Å². The summed E-state index contributed by atoms with van der Waals surface area (Å²) in [7, 11) is 0. The Kier molecular flexibility index (Phi) is 4.27. The molecule has 0 fully saturated rings. The first-order chi connectivity index (χ1) is 8.38. The van der Waals surface area contributed by atoms with Crippen molar-refractivity contribution in [2.45, 2.75) is 19.8 Å². The first kappa shape index (κ1) is 11.8. The molecule has 0 unspecified atom stereocenters. The van der Waals surface area contributed by atoms with Crippen LogP contribution in [0.4, 0.5) is 0 Å². The van der Waals surface area contributed by atoms with E-state index in [9.17, 15) is 0 Å². The number of hydrogen-bond acceptors (Lipinski definition) is 4. The normalized spacial score (nSPS) is 10.6. The quantitative estimate of drug-likeness (QED) is 0.770. The largest absolute Gasteiger partial charge is 0.339 e. The van der Waals surface area contributed by atoms with Gasteiger partial charge in [0, 0.05) is 19.4 Å². The molecule has 0 aliphatic carbocycles. The van der Waals surface area contributed by atoms with E-state index in [4.69, 9.17) is 4.52 Å². The van der Waals surface area contributed by atoms with Crippen LogP contribution in [0.25, 0.3) is 0 Å². The van der Waals surface area contributed by atoms with Gasteiger partial charge in [-0.3, -0.25) is 0 Å². The first-order valence-electron chi connectivity index (χ1n) is 5.94. The lowest BCUT2D eigenvalue weighted by Gasteiger charge is -1.95. The number of hydrogen-bond donors (Lipinski definition) is 1. The molecule has 2 aromatic rings. The van der Waals surface area contributed by atoms with Crippen molar-refractivity contribution in [3.8, 4) is 0 Å². The Balaban J connectivity index is 1.90. The Bertz CT molecular complexity index is 439. The fourth-order valence-corrected chi connectivity index (χ4v) is 1.61. The van der Waals surface area contributed by atoms with E-state index in [1.165, 1.54) is 5.56 Å². The van der Waals surface area contributed by atoms with Crippen LogP contribution in [0.1, 0.15) is 24.2 Å². The topological polar surface area (TPSA) is 51.0 Å². The van der Waals surface area contributed by atoms with E-state index in [-0.39, 0.29) is 0 Å². The van der Waals surface area contributed by atoms with Crippen molar-refractivity contribution >= 4 is 0 Å². The molecule has 0 saturated carbocycles. The fraction of sp³-hybridized carbons (Fsp3) is 0.385. The van der Waals surface area contributed by atoms with E-state index in [1.807, 2.05) is 18.2 Å². The molecular formula is C13H17N3O. The summed E-state index contributed by atoms with van der Waals surface area (Å²) in [4.78, 5) is 4.36. The zero-order valence-electron chi connectivity index (χ0n) is 10.0. The maximum absolute atomic E-state index is 5.18. The van der Waals surface area contributed by atoms with Crippen molar-refractivity contribution < 1.29 is 4.52 Å². The molecule has 0 aliphatic heterocycles. The van der Waals surface area contributed by atoms with Crippen molar-refractivity contribution in [3.63, 3.8) is 0 Å². The molecule has 1 aromatic carbocycles. The monoisotopic (exact) mass is 231 g/mol. The van der Waals surface area contributed by atoms with E-state index >= 15 is 0 Å². The highest BCUT2D eigenvalue weighted by atomic mass is 16.5. The van der Waals surface area contributed by atoms with Crippen molar-refractivity contribution in [3.05, 3.63) is 47.6 Å². The second-order valence-corrected chi connectivity index (χ2v) is 3.87. The van der Waals surface area contributed by atoms with Gasteiger partial charge in [0.2, 0.25) is 5.89 Å². The van der Waals surface area contributed by atoms with Crippen LogP contribution < -0.4 is 5.32 Å². The van der Waals surface area contributed by atoms with E-state index in [0.717, 1.165) is 31.8 Å². The SMILES string of the molecule is CCNCCc1nc(Cc2ccccc2)no1. The van der Waals surface area contributed by atoms with Crippen molar-refractivity contribution in [2.24, 2.45) is 0 Å². The molecule has 0 amide bonds. The van der Waals surface area contributed by atoms with Gasteiger partial charge < -0.3 is 9.84 Å². The number of nitrogens with one attached hydrogen (secondary N) is 1. The second-order valence-electron chi connectivity index (χ2n) is 3.87. The van der Waals surface area contributed by atoms with E-state index in [0.29, 0.717) is 5.89 Å². The fourth-order valence-electron chi connectivity index (χ4n) is 1.61. The predicted octanol–water partition coefficient (Wildman–Crippen LogP) is 1.81. The minimum absolute atomic E-state index is 0.705. The van der Waals surface area contributed by atoms with E-state index < -0.39 is 0 Å². The summed E-state index contributed by atoms with van der Waals surface area (Å²) >= 11 is 0. The van der Waals surface area contributed by atoms with Crippen LogP contribution >= 0.6 is 0 Å². The highest BCUT2D eigenvalue weighted by Gasteiger charge is 2.06. The maximum Gasteiger partial charge on any atom is 0.227 e. The van der Waals surface area contributed by atoms with Gasteiger partial charge in [-0.05, 0) is 12.1 Å². The average Bonchev–Trinajstić information content (AvgIpc) is 2.79. The summed E-state index contributed by atoms with van der Waals surface area (Å²) < 4.78 is 5.18. The molecule has 0 saturated heterocycles. The zero-order chi connectivity index (χ0) is 11.9. The highest BCUT2D eigenvalue weighted by Crippen LogP contribution is 2.06. The van der Waals surface area contributed by atoms with Gasteiger partial charge >= 0.3 is 0 Å². The molecule has 4 nitrogen and oxygen atoms in total. The standard InChI is InChI=1S/C13H17N3O/c1-2-14-9-8-13-15-12(16-17-13)10-11-6-4-3-5-7-11/h3-7,14H,2,8-10H2,1H3. The second kappa shape index (κ2) is 6.15. The van der Waals surface area contributed by atoms with Gasteiger partial charge in [-0.25, -0.2) is 0 Å². The van der Waals surface area contributed by atoms with Crippen molar-refractivity contribution in [2.75, 3.05) is 13.1 Å². The molecule has 0 aliphatic rings. The summed E-state index contributed by atoms with van der Waals surface area (Å²) in [6, 6.07) is 10.2. The van der Waals surface area contributed by atoms with Crippen molar-refractivity contribution in [1.29, 1.82) is 0 Å². The molecule has 0 radical (unpaired) electrons. The minimum atomic E-state index is 0.705. The van der Waals surface area contributed by atoms with Crippen LogP contribution in [0.5, 0.6) is 0 Å². The van der Waals surface area contributed by atoms with Gasteiger partial charge in [-0.1, -0.05) is 42.4 Å². The lowest BCUT2D eigenvalue weighted by Crippen LogP contribution is -2.16. The molecule has 1 aromatic heterocycles. The van der Waals surface area contributed by atoms with Crippen LogP contribution in [-0.2, 0) is 12.8 Å². The van der Waals surface area contributed by atoms with Gasteiger partial charge in [0.1, 0.15) is 0 Å². The van der Waals surface area contributed by atoms with Gasteiger partial charge in [0.25, 0.3) is 0 Å². The van der Waals surface area contributed by atoms with E-state index in [2.05, 4.69) is 34.5 Å². The van der Waals surface area contributed by atoms with Gasteiger partial charge in [-0.15, -0.1) is 0 Å². The van der Waals surface area contributed by atoms with Crippen LogP contribution in [-0.4, -0.2) is 23.2 Å². The highest BCUT2D eigenvalue weighted by molar-refractivity contribution is 5.18. The molecule has 0 spiro atoms.